The summed E-state index contributed by atoms with van der Waals surface area (Å²) < 4.78 is 5.55. The maximum absolute atomic E-state index is 5.59. The van der Waals surface area contributed by atoms with E-state index >= 15 is 0 Å². The second-order valence-corrected chi connectivity index (χ2v) is 7.60. The van der Waals surface area contributed by atoms with Gasteiger partial charge < -0.3 is 15.4 Å². The number of hydrogen-bond donors (Lipinski definition) is 2. The lowest BCUT2D eigenvalue weighted by Crippen LogP contribution is -2.49. The standard InChI is InChI=1S/C22H29N3OS/c1-16-9-10-20(15-17(16)2)24-22(27)23-18(3)21(19-7-5-4-6-8-19)25-11-13-26-14-12-25/h4-10,15,18,21H,11-14H2,1-3H3,(H2,23,24,27)/t18-,21-/m1/s1. The van der Waals surface area contributed by atoms with Crippen molar-refractivity contribution in [1.29, 1.82) is 0 Å². The molecule has 1 fully saturated rings. The van der Waals surface area contributed by atoms with Gasteiger partial charge in [0.2, 0.25) is 0 Å². The molecule has 1 heterocycles. The van der Waals surface area contributed by atoms with Gasteiger partial charge in [-0.3, -0.25) is 4.90 Å². The van der Waals surface area contributed by atoms with E-state index in [2.05, 4.69) is 84.8 Å². The summed E-state index contributed by atoms with van der Waals surface area (Å²) in [6.45, 7) is 9.85. The molecule has 0 bridgehead atoms. The van der Waals surface area contributed by atoms with E-state index in [0.29, 0.717) is 5.11 Å². The van der Waals surface area contributed by atoms with E-state index in [0.717, 1.165) is 32.0 Å². The van der Waals surface area contributed by atoms with E-state index in [1.54, 1.807) is 0 Å². The van der Waals surface area contributed by atoms with Crippen molar-refractivity contribution in [3.8, 4) is 0 Å². The van der Waals surface area contributed by atoms with Crippen LogP contribution in [-0.4, -0.2) is 42.4 Å². The van der Waals surface area contributed by atoms with Gasteiger partial charge in [0.1, 0.15) is 0 Å². The Morgan fingerprint density at radius 3 is 2.41 bits per heavy atom. The predicted octanol–water partition coefficient (Wildman–Crippen LogP) is 4.05. The molecule has 5 heteroatoms. The number of aryl methyl sites for hydroxylation is 2. The molecule has 0 amide bonds. The molecule has 2 aromatic carbocycles. The van der Waals surface area contributed by atoms with Crippen molar-refractivity contribution in [3.05, 3.63) is 65.2 Å². The van der Waals surface area contributed by atoms with Gasteiger partial charge in [0.25, 0.3) is 0 Å². The zero-order valence-corrected chi connectivity index (χ0v) is 17.2. The summed E-state index contributed by atoms with van der Waals surface area (Å²) in [7, 11) is 0. The van der Waals surface area contributed by atoms with Crippen LogP contribution in [0.25, 0.3) is 0 Å². The maximum atomic E-state index is 5.59. The molecule has 2 aromatic rings. The van der Waals surface area contributed by atoms with Crippen LogP contribution in [0.4, 0.5) is 5.69 Å². The van der Waals surface area contributed by atoms with Crippen molar-refractivity contribution in [1.82, 2.24) is 10.2 Å². The topological polar surface area (TPSA) is 36.5 Å². The Morgan fingerprint density at radius 2 is 1.74 bits per heavy atom. The highest BCUT2D eigenvalue weighted by atomic mass is 32.1. The third kappa shape index (κ3) is 5.28. The molecular formula is C22H29N3OS. The van der Waals surface area contributed by atoms with Gasteiger partial charge in [0, 0.05) is 24.8 Å². The number of thiocarbonyl (C=S) groups is 1. The molecular weight excluding hydrogens is 354 g/mol. The molecule has 1 aliphatic heterocycles. The minimum Gasteiger partial charge on any atom is -0.379 e. The van der Waals surface area contributed by atoms with Crippen LogP contribution in [0.3, 0.4) is 0 Å². The van der Waals surface area contributed by atoms with E-state index in [1.165, 1.54) is 16.7 Å². The van der Waals surface area contributed by atoms with Crippen LogP contribution in [-0.2, 0) is 4.74 Å². The number of hydrogen-bond acceptors (Lipinski definition) is 3. The van der Waals surface area contributed by atoms with Gasteiger partial charge in [-0.15, -0.1) is 0 Å². The predicted molar refractivity (Wildman–Crippen MR) is 116 cm³/mol. The van der Waals surface area contributed by atoms with E-state index in [1.807, 2.05) is 0 Å². The molecule has 0 saturated carbocycles. The van der Waals surface area contributed by atoms with Crippen LogP contribution < -0.4 is 10.6 Å². The summed E-state index contributed by atoms with van der Waals surface area (Å²) in [5.41, 5.74) is 4.86. The number of rotatable bonds is 5. The van der Waals surface area contributed by atoms with E-state index < -0.39 is 0 Å². The van der Waals surface area contributed by atoms with Crippen molar-refractivity contribution in [2.45, 2.75) is 32.9 Å². The fourth-order valence-corrected chi connectivity index (χ4v) is 3.90. The maximum Gasteiger partial charge on any atom is 0.171 e. The summed E-state index contributed by atoms with van der Waals surface area (Å²) in [6.07, 6.45) is 0. The minimum absolute atomic E-state index is 0.164. The Kier molecular flexibility index (Phi) is 6.83. The molecule has 27 heavy (non-hydrogen) atoms. The lowest BCUT2D eigenvalue weighted by Gasteiger charge is -2.38. The first kappa shape index (κ1) is 19.8. The van der Waals surface area contributed by atoms with Crippen LogP contribution in [0.2, 0.25) is 0 Å². The first-order valence-corrected chi connectivity index (χ1v) is 9.97. The first-order chi connectivity index (χ1) is 13.0. The normalized spacial score (nSPS) is 17.1. The van der Waals surface area contributed by atoms with E-state index in [-0.39, 0.29) is 12.1 Å². The molecule has 0 spiro atoms. The van der Waals surface area contributed by atoms with Crippen molar-refractivity contribution >= 4 is 23.0 Å². The van der Waals surface area contributed by atoms with E-state index in [4.69, 9.17) is 17.0 Å². The molecule has 144 valence electrons. The molecule has 0 unspecified atom stereocenters. The first-order valence-electron chi connectivity index (χ1n) is 9.56. The summed E-state index contributed by atoms with van der Waals surface area (Å²) >= 11 is 5.59. The zero-order chi connectivity index (χ0) is 19.2. The molecule has 2 atom stereocenters. The molecule has 1 saturated heterocycles. The number of nitrogens with one attached hydrogen (secondary N) is 2. The zero-order valence-electron chi connectivity index (χ0n) is 16.4. The Hall–Kier alpha value is -1.95. The van der Waals surface area contributed by atoms with Gasteiger partial charge in [0.05, 0.1) is 19.3 Å². The summed E-state index contributed by atoms with van der Waals surface area (Å²) in [4.78, 5) is 2.48. The Bertz CT molecular complexity index is 759. The van der Waals surface area contributed by atoms with Gasteiger partial charge in [-0.2, -0.15) is 0 Å². The monoisotopic (exact) mass is 383 g/mol. The van der Waals surface area contributed by atoms with Crippen LogP contribution in [0.5, 0.6) is 0 Å². The van der Waals surface area contributed by atoms with E-state index in [9.17, 15) is 0 Å². The van der Waals surface area contributed by atoms with Crippen LogP contribution >= 0.6 is 12.2 Å². The van der Waals surface area contributed by atoms with Gasteiger partial charge in [-0.25, -0.2) is 0 Å². The highest BCUT2D eigenvalue weighted by Gasteiger charge is 2.28. The van der Waals surface area contributed by atoms with Crippen molar-refractivity contribution in [2.75, 3.05) is 31.6 Å². The highest BCUT2D eigenvalue weighted by molar-refractivity contribution is 7.80. The third-order valence-electron chi connectivity index (χ3n) is 5.18. The fraction of sp³-hybridized carbons (Fsp3) is 0.409. The van der Waals surface area contributed by atoms with Crippen molar-refractivity contribution in [2.24, 2.45) is 0 Å². The number of nitrogens with zero attached hydrogens (tertiary/aromatic N) is 1. The van der Waals surface area contributed by atoms with Crippen molar-refractivity contribution in [3.63, 3.8) is 0 Å². The van der Waals surface area contributed by atoms with Crippen LogP contribution in [0, 0.1) is 13.8 Å². The number of benzene rings is 2. The largest absolute Gasteiger partial charge is 0.379 e. The minimum atomic E-state index is 0.164. The SMILES string of the molecule is Cc1ccc(NC(=S)N[C@H](C)[C@H](c2ccccc2)N2CCOCC2)cc1C. The summed E-state index contributed by atoms with van der Waals surface area (Å²) in [5, 5.41) is 7.48. The smallest absolute Gasteiger partial charge is 0.171 e. The quantitative estimate of drug-likeness (QED) is 0.762. The summed E-state index contributed by atoms with van der Waals surface area (Å²) in [5.74, 6) is 0. The fourth-order valence-electron chi connectivity index (χ4n) is 3.59. The second-order valence-electron chi connectivity index (χ2n) is 7.19. The second kappa shape index (κ2) is 9.31. The van der Waals surface area contributed by atoms with Crippen LogP contribution in [0.1, 0.15) is 29.7 Å². The van der Waals surface area contributed by atoms with Gasteiger partial charge in [0.15, 0.2) is 5.11 Å². The molecule has 0 radical (unpaired) electrons. The molecule has 4 nitrogen and oxygen atoms in total. The average molecular weight is 384 g/mol. The van der Waals surface area contributed by atoms with Crippen molar-refractivity contribution < 1.29 is 4.74 Å². The molecule has 2 N–H and O–H groups in total. The number of morpholine rings is 1. The lowest BCUT2D eigenvalue weighted by molar-refractivity contribution is 0.0102. The third-order valence-corrected chi connectivity index (χ3v) is 5.40. The van der Waals surface area contributed by atoms with Gasteiger partial charge in [-0.05, 0) is 61.8 Å². The number of anilines is 1. The lowest BCUT2D eigenvalue weighted by atomic mass is 9.98. The van der Waals surface area contributed by atoms with Gasteiger partial charge >= 0.3 is 0 Å². The molecule has 0 aromatic heterocycles. The summed E-state index contributed by atoms with van der Waals surface area (Å²) in [6, 6.07) is 17.4. The Balaban J connectivity index is 1.70. The van der Waals surface area contributed by atoms with Crippen LogP contribution in [0.15, 0.2) is 48.5 Å². The molecule has 0 aliphatic carbocycles. The molecule has 3 rings (SSSR count). The number of ether oxygens (including phenoxy) is 1. The Labute approximate surface area is 167 Å². The average Bonchev–Trinajstić information content (AvgIpc) is 2.66. The molecule has 1 aliphatic rings. The highest BCUT2D eigenvalue weighted by Crippen LogP contribution is 2.25. The van der Waals surface area contributed by atoms with Gasteiger partial charge in [-0.1, -0.05) is 36.4 Å². The Morgan fingerprint density at radius 1 is 1.04 bits per heavy atom.